The summed E-state index contributed by atoms with van der Waals surface area (Å²) in [5.74, 6) is 0.770. The smallest absolute Gasteiger partial charge is 0.0555 e. The van der Waals surface area contributed by atoms with Crippen molar-refractivity contribution in [3.63, 3.8) is 0 Å². The number of rotatable bonds is 1. The lowest BCUT2D eigenvalue weighted by Gasteiger charge is -2.43. The van der Waals surface area contributed by atoms with Crippen LogP contribution in [0.25, 0.3) is 0 Å². The van der Waals surface area contributed by atoms with E-state index in [9.17, 15) is 0 Å². The molecule has 1 heterocycles. The topological polar surface area (TPSA) is 9.23 Å². The lowest BCUT2D eigenvalue weighted by Crippen LogP contribution is -2.39. The van der Waals surface area contributed by atoms with Crippen LogP contribution in [0.15, 0.2) is 0 Å². The van der Waals surface area contributed by atoms with Crippen molar-refractivity contribution in [2.45, 2.75) is 73.5 Å². The maximum absolute atomic E-state index is 5.73. The summed E-state index contributed by atoms with van der Waals surface area (Å²) in [5, 5.41) is 0. The van der Waals surface area contributed by atoms with Crippen molar-refractivity contribution in [2.24, 2.45) is 11.3 Å². The molecule has 0 amide bonds. The zero-order chi connectivity index (χ0) is 11.4. The van der Waals surface area contributed by atoms with E-state index in [4.69, 9.17) is 4.74 Å². The van der Waals surface area contributed by atoms with Crippen LogP contribution in [0.1, 0.15) is 61.3 Å². The fraction of sp³-hybridized carbons (Fsp3) is 1.00. The van der Waals surface area contributed by atoms with Crippen LogP contribution in [-0.2, 0) is 4.74 Å². The molecule has 0 aliphatic carbocycles. The normalized spacial score (nSPS) is 37.7. The Hall–Kier alpha value is -0.0400. The molecule has 2 unspecified atom stereocenters. The minimum atomic E-state index is 0.446. The van der Waals surface area contributed by atoms with Gasteiger partial charge in [-0.05, 0) is 38.0 Å². The van der Waals surface area contributed by atoms with Gasteiger partial charge in [0.1, 0.15) is 0 Å². The second kappa shape index (κ2) is 5.75. The number of ether oxygens (including phenoxy) is 1. The molecule has 14 heavy (non-hydrogen) atoms. The van der Waals surface area contributed by atoms with E-state index in [0.717, 1.165) is 5.92 Å². The zero-order valence-corrected chi connectivity index (χ0v) is 11.1. The molecule has 1 rings (SSSR count). The van der Waals surface area contributed by atoms with Gasteiger partial charge in [0.15, 0.2) is 0 Å². The van der Waals surface area contributed by atoms with Crippen molar-refractivity contribution in [2.75, 3.05) is 0 Å². The highest BCUT2D eigenvalue weighted by Crippen LogP contribution is 2.41. The molecule has 0 radical (unpaired) electrons. The lowest BCUT2D eigenvalue weighted by atomic mass is 9.70. The van der Waals surface area contributed by atoms with Crippen molar-refractivity contribution in [1.29, 1.82) is 0 Å². The van der Waals surface area contributed by atoms with Crippen molar-refractivity contribution in [1.82, 2.24) is 0 Å². The van der Waals surface area contributed by atoms with Crippen LogP contribution < -0.4 is 0 Å². The largest absolute Gasteiger partial charge is 0.376 e. The highest BCUT2D eigenvalue weighted by Gasteiger charge is 2.36. The third-order valence-corrected chi connectivity index (χ3v) is 3.37. The molecule has 1 aliphatic rings. The third-order valence-electron chi connectivity index (χ3n) is 3.37. The highest BCUT2D eigenvalue weighted by molar-refractivity contribution is 4.85. The minimum Gasteiger partial charge on any atom is -0.376 e. The van der Waals surface area contributed by atoms with Gasteiger partial charge in [-0.2, -0.15) is 0 Å². The van der Waals surface area contributed by atoms with Crippen molar-refractivity contribution >= 4 is 0 Å². The molecule has 1 fully saturated rings. The predicted molar refractivity (Wildman–Crippen MR) is 63.5 cm³/mol. The fourth-order valence-corrected chi connectivity index (χ4v) is 2.36. The molecule has 0 aromatic heterocycles. The van der Waals surface area contributed by atoms with Crippen molar-refractivity contribution in [3.8, 4) is 0 Å². The highest BCUT2D eigenvalue weighted by atomic mass is 16.5. The first kappa shape index (κ1) is 14.0. The molecule has 86 valence electrons. The average molecular weight is 200 g/mol. The van der Waals surface area contributed by atoms with E-state index in [1.165, 1.54) is 12.8 Å². The van der Waals surface area contributed by atoms with Gasteiger partial charge in [-0.15, -0.1) is 0 Å². The second-order valence-corrected chi connectivity index (χ2v) is 4.97. The lowest BCUT2D eigenvalue weighted by molar-refractivity contribution is -0.0954. The van der Waals surface area contributed by atoms with E-state index in [-0.39, 0.29) is 0 Å². The van der Waals surface area contributed by atoms with E-state index < -0.39 is 0 Å². The van der Waals surface area contributed by atoms with Crippen molar-refractivity contribution < 1.29 is 4.74 Å². The molecule has 1 aliphatic heterocycles. The molecular weight excluding hydrogens is 172 g/mol. The Morgan fingerprint density at radius 1 is 1.07 bits per heavy atom. The standard InChI is InChI=1S/C11H22O.C2H6/c1-8(2)11(5)6-9(3)12-10(4)7-11;1-2/h8-10H,6-7H2,1-5H3;1-2H3. The van der Waals surface area contributed by atoms with Crippen LogP contribution in [-0.4, -0.2) is 12.2 Å². The summed E-state index contributed by atoms with van der Waals surface area (Å²) in [6, 6.07) is 0. The van der Waals surface area contributed by atoms with Gasteiger partial charge in [-0.25, -0.2) is 0 Å². The van der Waals surface area contributed by atoms with Crippen LogP contribution in [0.5, 0.6) is 0 Å². The summed E-state index contributed by atoms with van der Waals surface area (Å²) >= 11 is 0. The van der Waals surface area contributed by atoms with E-state index >= 15 is 0 Å². The van der Waals surface area contributed by atoms with E-state index in [0.29, 0.717) is 17.6 Å². The van der Waals surface area contributed by atoms with Crippen LogP contribution in [0.4, 0.5) is 0 Å². The summed E-state index contributed by atoms with van der Waals surface area (Å²) in [7, 11) is 0. The fourth-order valence-electron chi connectivity index (χ4n) is 2.36. The van der Waals surface area contributed by atoms with E-state index in [1.807, 2.05) is 13.8 Å². The molecule has 2 atom stereocenters. The molecule has 0 N–H and O–H groups in total. The molecular formula is C13H28O. The van der Waals surface area contributed by atoms with Gasteiger partial charge in [0, 0.05) is 0 Å². The van der Waals surface area contributed by atoms with Gasteiger partial charge in [-0.3, -0.25) is 0 Å². The monoisotopic (exact) mass is 200 g/mol. The quantitative estimate of drug-likeness (QED) is 0.614. The van der Waals surface area contributed by atoms with Gasteiger partial charge in [0.25, 0.3) is 0 Å². The SMILES string of the molecule is CC.CC1CC(C)(C(C)C)CC(C)O1. The summed E-state index contributed by atoms with van der Waals surface area (Å²) in [5.41, 5.74) is 0.497. The Balaban J connectivity index is 0.000000791. The molecule has 0 aromatic carbocycles. The molecule has 1 heteroatoms. The Labute approximate surface area is 90.2 Å². The first-order valence-electron chi connectivity index (χ1n) is 6.09. The average Bonchev–Trinajstić information content (AvgIpc) is 2.05. The van der Waals surface area contributed by atoms with Gasteiger partial charge in [0.05, 0.1) is 12.2 Å². The molecule has 0 aromatic rings. The Morgan fingerprint density at radius 3 is 1.71 bits per heavy atom. The maximum Gasteiger partial charge on any atom is 0.0555 e. The first-order valence-corrected chi connectivity index (χ1v) is 6.09. The zero-order valence-electron chi connectivity index (χ0n) is 11.1. The molecule has 1 saturated heterocycles. The van der Waals surface area contributed by atoms with Crippen LogP contribution in [0, 0.1) is 11.3 Å². The molecule has 1 nitrogen and oxygen atoms in total. The Kier molecular flexibility index (Phi) is 5.73. The second-order valence-electron chi connectivity index (χ2n) is 4.97. The number of hydrogen-bond donors (Lipinski definition) is 0. The van der Waals surface area contributed by atoms with E-state index in [2.05, 4.69) is 34.6 Å². The van der Waals surface area contributed by atoms with Gasteiger partial charge >= 0.3 is 0 Å². The number of hydrogen-bond acceptors (Lipinski definition) is 1. The first-order chi connectivity index (χ1) is 6.44. The summed E-state index contributed by atoms with van der Waals surface area (Å²) in [6.45, 7) is 15.4. The molecule has 0 saturated carbocycles. The van der Waals surface area contributed by atoms with Crippen LogP contribution in [0.3, 0.4) is 0 Å². The summed E-state index contributed by atoms with van der Waals surface area (Å²) in [6.07, 6.45) is 3.33. The summed E-state index contributed by atoms with van der Waals surface area (Å²) in [4.78, 5) is 0. The van der Waals surface area contributed by atoms with Crippen molar-refractivity contribution in [3.05, 3.63) is 0 Å². The Bertz CT molecular complexity index is 141. The predicted octanol–water partition coefficient (Wildman–Crippen LogP) is 4.26. The molecule has 0 bridgehead atoms. The van der Waals surface area contributed by atoms with Gasteiger partial charge in [-0.1, -0.05) is 34.6 Å². The van der Waals surface area contributed by atoms with Crippen LogP contribution >= 0.6 is 0 Å². The Morgan fingerprint density at radius 2 is 1.43 bits per heavy atom. The van der Waals surface area contributed by atoms with Gasteiger partial charge < -0.3 is 4.74 Å². The summed E-state index contributed by atoms with van der Waals surface area (Å²) < 4.78 is 5.73. The van der Waals surface area contributed by atoms with Gasteiger partial charge in [0.2, 0.25) is 0 Å². The van der Waals surface area contributed by atoms with Crippen LogP contribution in [0.2, 0.25) is 0 Å². The maximum atomic E-state index is 5.73. The molecule has 0 spiro atoms. The van der Waals surface area contributed by atoms with E-state index in [1.54, 1.807) is 0 Å². The third kappa shape index (κ3) is 3.61. The minimum absolute atomic E-state index is 0.446.